The summed E-state index contributed by atoms with van der Waals surface area (Å²) in [7, 11) is 0. The van der Waals surface area contributed by atoms with E-state index in [4.69, 9.17) is 11.5 Å². The predicted molar refractivity (Wildman–Crippen MR) is 73.7 cm³/mol. The molecule has 1 aromatic rings. The summed E-state index contributed by atoms with van der Waals surface area (Å²) < 4.78 is 144. The first kappa shape index (κ1) is 23.1. The second-order valence-electron chi connectivity index (χ2n) is 4.83. The molecular formula is C12H6BrF11N2O. The van der Waals surface area contributed by atoms with Gasteiger partial charge in [-0.1, -0.05) is 0 Å². The summed E-state index contributed by atoms with van der Waals surface area (Å²) in [4.78, 5) is 0. The molecule has 0 amide bonds. The summed E-state index contributed by atoms with van der Waals surface area (Å²) >= 11 is 2.81. The zero-order valence-corrected chi connectivity index (χ0v) is 13.8. The van der Waals surface area contributed by atoms with Crippen LogP contribution < -0.4 is 16.2 Å². The van der Waals surface area contributed by atoms with E-state index in [0.717, 1.165) is 0 Å². The molecular weight excluding hydrogens is 477 g/mol. The molecule has 154 valence electrons. The lowest BCUT2D eigenvalue weighted by atomic mass is 10.0. The molecule has 0 bridgehead atoms. The normalized spacial score (nSPS) is 14.8. The molecule has 0 aromatic heterocycles. The van der Waals surface area contributed by atoms with Crippen molar-refractivity contribution in [2.24, 2.45) is 0 Å². The largest absolute Gasteiger partial charge is 0.460 e. The van der Waals surface area contributed by atoms with E-state index in [2.05, 4.69) is 20.7 Å². The summed E-state index contributed by atoms with van der Waals surface area (Å²) in [5.74, 6) is -26.7. The second kappa shape index (κ2) is 6.91. The zero-order valence-electron chi connectivity index (χ0n) is 12.3. The molecule has 0 fully saturated rings. The highest BCUT2D eigenvalue weighted by Gasteiger charge is 2.83. The number of anilines is 2. The Kier molecular flexibility index (Phi) is 5.91. The minimum Gasteiger partial charge on any atom is -0.429 e. The Balaban J connectivity index is 3.36. The quantitative estimate of drug-likeness (QED) is 0.327. The molecule has 0 aliphatic heterocycles. The number of rotatable bonds is 5. The molecule has 3 nitrogen and oxygen atoms in total. The Morgan fingerprint density at radius 3 is 1.59 bits per heavy atom. The molecule has 15 heteroatoms. The van der Waals surface area contributed by atoms with E-state index in [1.807, 2.05) is 0 Å². The second-order valence-corrected chi connectivity index (χ2v) is 5.62. The standard InChI is InChI=1S/C12H6BrF11N2O/c13-6-4(25)1-3(2-5(6)26)27-8(15)7(14)9(16,17)10(18,19)11(20,21)12(22,23)24/h1-2H,25-26H2. The number of nitrogens with two attached hydrogens (primary N) is 2. The average Bonchev–Trinajstić information content (AvgIpc) is 2.50. The van der Waals surface area contributed by atoms with Crippen molar-refractivity contribution in [2.75, 3.05) is 11.5 Å². The van der Waals surface area contributed by atoms with E-state index in [0.29, 0.717) is 12.1 Å². The molecule has 0 aliphatic rings. The van der Waals surface area contributed by atoms with Gasteiger partial charge in [0.05, 0.1) is 15.8 Å². The maximum absolute atomic E-state index is 13.4. The lowest BCUT2D eigenvalue weighted by molar-refractivity contribution is -0.392. The highest BCUT2D eigenvalue weighted by Crippen LogP contribution is 2.55. The van der Waals surface area contributed by atoms with Crippen LogP contribution in [0.25, 0.3) is 0 Å². The van der Waals surface area contributed by atoms with Crippen molar-refractivity contribution in [2.45, 2.75) is 23.9 Å². The van der Waals surface area contributed by atoms with Gasteiger partial charge in [-0.05, 0) is 15.9 Å². The van der Waals surface area contributed by atoms with Crippen LogP contribution in [0.4, 0.5) is 59.7 Å². The highest BCUT2D eigenvalue weighted by molar-refractivity contribution is 9.10. The Hall–Kier alpha value is -1.93. The van der Waals surface area contributed by atoms with Gasteiger partial charge in [-0.3, -0.25) is 0 Å². The maximum Gasteiger partial charge on any atom is 0.460 e. The molecule has 0 atom stereocenters. The summed E-state index contributed by atoms with van der Waals surface area (Å²) in [5.41, 5.74) is 9.96. The smallest absolute Gasteiger partial charge is 0.429 e. The van der Waals surface area contributed by atoms with E-state index in [1.54, 1.807) is 0 Å². The van der Waals surface area contributed by atoms with Crippen LogP contribution in [-0.2, 0) is 0 Å². The molecule has 1 rings (SSSR count). The van der Waals surface area contributed by atoms with Crippen molar-refractivity contribution in [3.05, 3.63) is 28.4 Å². The average molecular weight is 483 g/mol. The van der Waals surface area contributed by atoms with Crippen LogP contribution in [0.3, 0.4) is 0 Å². The molecule has 27 heavy (non-hydrogen) atoms. The monoisotopic (exact) mass is 482 g/mol. The summed E-state index contributed by atoms with van der Waals surface area (Å²) in [6.07, 6.45) is -7.19. The Bertz CT molecular complexity index is 737. The number of hydrogen-bond acceptors (Lipinski definition) is 3. The minimum atomic E-state index is -7.40. The molecule has 0 heterocycles. The molecule has 4 N–H and O–H groups in total. The van der Waals surface area contributed by atoms with Gasteiger partial charge in [-0.2, -0.15) is 48.3 Å². The van der Waals surface area contributed by atoms with Crippen LogP contribution in [0, 0.1) is 0 Å². The van der Waals surface area contributed by atoms with Gasteiger partial charge in [-0.25, -0.2) is 0 Å². The molecule has 0 spiro atoms. The van der Waals surface area contributed by atoms with Gasteiger partial charge in [-0.15, -0.1) is 0 Å². The van der Waals surface area contributed by atoms with Crippen LogP contribution in [0.15, 0.2) is 28.4 Å². The van der Waals surface area contributed by atoms with E-state index in [-0.39, 0.29) is 15.8 Å². The van der Waals surface area contributed by atoms with E-state index in [1.165, 1.54) is 0 Å². The molecule has 0 aliphatic carbocycles. The first-order chi connectivity index (χ1) is 11.9. The molecule has 1 aromatic carbocycles. The van der Waals surface area contributed by atoms with Crippen LogP contribution in [0.5, 0.6) is 5.75 Å². The van der Waals surface area contributed by atoms with Crippen LogP contribution >= 0.6 is 15.9 Å². The first-order valence-electron chi connectivity index (χ1n) is 6.16. The molecule has 0 saturated heterocycles. The SMILES string of the molecule is Nc1cc(OC(F)=C(F)C(F)(F)C(F)(F)C(F)(F)C(F)(F)F)cc(N)c1Br. The minimum absolute atomic E-state index is 0.00129. The van der Waals surface area contributed by atoms with Crippen molar-refractivity contribution in [3.63, 3.8) is 0 Å². The topological polar surface area (TPSA) is 61.3 Å². The van der Waals surface area contributed by atoms with Gasteiger partial charge in [0.2, 0.25) is 5.83 Å². The van der Waals surface area contributed by atoms with Crippen molar-refractivity contribution in [1.82, 2.24) is 0 Å². The van der Waals surface area contributed by atoms with E-state index < -0.39 is 41.5 Å². The number of allylic oxidation sites excluding steroid dienone is 1. The maximum atomic E-state index is 13.4. The summed E-state index contributed by atoms with van der Waals surface area (Å²) in [6, 6.07) is -1.94. The summed E-state index contributed by atoms with van der Waals surface area (Å²) in [5, 5.41) is 0. The van der Waals surface area contributed by atoms with Gasteiger partial charge in [0.15, 0.2) is 0 Å². The Morgan fingerprint density at radius 1 is 0.815 bits per heavy atom. The third-order valence-electron chi connectivity index (χ3n) is 2.90. The summed E-state index contributed by atoms with van der Waals surface area (Å²) in [6.45, 7) is 0. The van der Waals surface area contributed by atoms with Crippen LogP contribution in [-0.4, -0.2) is 23.9 Å². The number of alkyl halides is 9. The fourth-order valence-corrected chi connectivity index (χ4v) is 1.71. The fourth-order valence-electron chi connectivity index (χ4n) is 1.49. The van der Waals surface area contributed by atoms with Crippen LogP contribution in [0.1, 0.15) is 0 Å². The van der Waals surface area contributed by atoms with Crippen molar-refractivity contribution in [3.8, 4) is 5.75 Å². The molecule has 0 unspecified atom stereocenters. The first-order valence-corrected chi connectivity index (χ1v) is 6.95. The van der Waals surface area contributed by atoms with Crippen LogP contribution in [0.2, 0.25) is 0 Å². The van der Waals surface area contributed by atoms with Gasteiger partial charge < -0.3 is 16.2 Å². The fraction of sp³-hybridized carbons (Fsp3) is 0.333. The van der Waals surface area contributed by atoms with Crippen molar-refractivity contribution < 1.29 is 53.0 Å². The van der Waals surface area contributed by atoms with Gasteiger partial charge in [0.1, 0.15) is 5.75 Å². The lowest BCUT2D eigenvalue weighted by Crippen LogP contribution is -2.61. The van der Waals surface area contributed by atoms with Gasteiger partial charge >= 0.3 is 30.0 Å². The Labute approximate surface area is 150 Å². The van der Waals surface area contributed by atoms with Crippen molar-refractivity contribution in [1.29, 1.82) is 0 Å². The number of benzene rings is 1. The number of ether oxygens (including phenoxy) is 1. The van der Waals surface area contributed by atoms with Crippen molar-refractivity contribution >= 4 is 27.3 Å². The Morgan fingerprint density at radius 2 is 1.22 bits per heavy atom. The lowest BCUT2D eigenvalue weighted by Gasteiger charge is -2.32. The predicted octanol–water partition coefficient (Wildman–Crippen LogP) is 5.57. The molecule has 0 radical (unpaired) electrons. The number of nitrogen functional groups attached to an aromatic ring is 2. The van der Waals surface area contributed by atoms with E-state index in [9.17, 15) is 48.3 Å². The third-order valence-corrected chi connectivity index (χ3v) is 3.82. The zero-order chi connectivity index (χ0) is 21.6. The van der Waals surface area contributed by atoms with E-state index >= 15 is 0 Å². The highest BCUT2D eigenvalue weighted by atomic mass is 79.9. The van der Waals surface area contributed by atoms with Gasteiger partial charge in [0, 0.05) is 12.1 Å². The number of hydrogen-bond donors (Lipinski definition) is 2. The number of halogens is 12. The van der Waals surface area contributed by atoms with Gasteiger partial charge in [0.25, 0.3) is 0 Å². The molecule has 0 saturated carbocycles. The third kappa shape index (κ3) is 3.87.